The van der Waals surface area contributed by atoms with Crippen LogP contribution in [0.1, 0.15) is 17.3 Å². The van der Waals surface area contributed by atoms with Crippen molar-refractivity contribution >= 4 is 29.4 Å². The molecule has 6 nitrogen and oxygen atoms in total. The van der Waals surface area contributed by atoms with Crippen LogP contribution in [-0.4, -0.2) is 32.5 Å². The summed E-state index contributed by atoms with van der Waals surface area (Å²) in [5.74, 6) is -0.340. The summed E-state index contributed by atoms with van der Waals surface area (Å²) in [6.07, 6.45) is 2.99. The van der Waals surface area contributed by atoms with E-state index in [2.05, 4.69) is 4.98 Å². The number of carbonyl (C=O) groups is 1. The smallest absolute Gasteiger partial charge is 0.423 e. The lowest BCUT2D eigenvalue weighted by Crippen LogP contribution is -2.30. The van der Waals surface area contributed by atoms with E-state index in [0.717, 1.165) is 0 Å². The number of rotatable bonds is 3. The first kappa shape index (κ1) is 15.1. The lowest BCUT2D eigenvalue weighted by molar-refractivity contribution is 0.101. The van der Waals surface area contributed by atoms with Crippen molar-refractivity contribution in [2.24, 2.45) is 0 Å². The molecule has 0 bridgehead atoms. The van der Waals surface area contributed by atoms with Crippen LogP contribution in [0.4, 0.5) is 0 Å². The van der Waals surface area contributed by atoms with E-state index in [0.29, 0.717) is 22.2 Å². The number of aromatic nitrogens is 2. The molecule has 1 aromatic carbocycles. The number of benzene rings is 1. The molecule has 0 amide bonds. The van der Waals surface area contributed by atoms with E-state index in [1.807, 2.05) is 0 Å². The van der Waals surface area contributed by atoms with Gasteiger partial charge in [-0.25, -0.2) is 4.98 Å². The fraction of sp³-hybridized carbons (Fsp3) is 0.0625. The Bertz CT molecular complexity index is 966. The Morgan fingerprint density at radius 3 is 2.70 bits per heavy atom. The van der Waals surface area contributed by atoms with Crippen molar-refractivity contribution in [3.63, 3.8) is 0 Å². The van der Waals surface area contributed by atoms with Gasteiger partial charge in [-0.3, -0.25) is 9.59 Å². The highest BCUT2D eigenvalue weighted by atomic mass is 16.4. The molecular formula is C16H13BN2O4. The highest BCUT2D eigenvalue weighted by Gasteiger charge is 2.16. The Morgan fingerprint density at radius 1 is 1.22 bits per heavy atom. The lowest BCUT2D eigenvalue weighted by Gasteiger charge is -2.13. The SMILES string of the molecule is CC(=O)c1cn(-c2cccc(B(O)O)c2)c2ncccc2c1=O. The lowest BCUT2D eigenvalue weighted by atomic mass is 9.80. The van der Waals surface area contributed by atoms with Gasteiger partial charge in [-0.2, -0.15) is 0 Å². The van der Waals surface area contributed by atoms with E-state index in [-0.39, 0.29) is 16.8 Å². The molecule has 0 spiro atoms. The Kier molecular flexibility index (Phi) is 3.81. The molecule has 7 heteroatoms. The largest absolute Gasteiger partial charge is 0.488 e. The number of ketones is 1. The monoisotopic (exact) mass is 308 g/mol. The predicted octanol–water partition coefficient (Wildman–Crippen LogP) is 0.268. The molecule has 23 heavy (non-hydrogen) atoms. The number of Topliss-reactive ketones (excluding diaryl/α,β-unsaturated/α-hetero) is 1. The Balaban J connectivity index is 2.37. The normalized spacial score (nSPS) is 10.7. The number of fused-ring (bicyclic) bond motifs is 1. The number of pyridine rings is 2. The quantitative estimate of drug-likeness (QED) is 0.535. The zero-order valence-corrected chi connectivity index (χ0v) is 12.3. The minimum absolute atomic E-state index is 0.0560. The average molecular weight is 308 g/mol. The molecule has 2 N–H and O–H groups in total. The molecule has 3 rings (SSSR count). The Labute approximate surface area is 131 Å². The number of hydrogen-bond acceptors (Lipinski definition) is 5. The van der Waals surface area contributed by atoms with Crippen LogP contribution in [-0.2, 0) is 0 Å². The fourth-order valence-electron chi connectivity index (χ4n) is 2.44. The van der Waals surface area contributed by atoms with Crippen LogP contribution in [0.2, 0.25) is 0 Å². The highest BCUT2D eigenvalue weighted by molar-refractivity contribution is 6.58. The molecule has 3 aromatic rings. The second-order valence-electron chi connectivity index (χ2n) is 5.14. The third-order valence-corrected chi connectivity index (χ3v) is 3.59. The second-order valence-corrected chi connectivity index (χ2v) is 5.14. The van der Waals surface area contributed by atoms with Gasteiger partial charge in [-0.05, 0) is 36.7 Å². The van der Waals surface area contributed by atoms with Crippen LogP contribution in [0.25, 0.3) is 16.7 Å². The summed E-state index contributed by atoms with van der Waals surface area (Å²) in [7, 11) is -1.61. The Hall–Kier alpha value is -2.77. The van der Waals surface area contributed by atoms with Gasteiger partial charge in [0.05, 0.1) is 10.9 Å². The van der Waals surface area contributed by atoms with Crippen molar-refractivity contribution in [2.45, 2.75) is 6.92 Å². The standard InChI is InChI=1S/C16H13BN2O4/c1-10(20)14-9-19(12-5-2-4-11(8-12)17(22)23)16-13(15(14)21)6-3-7-18-16/h2-9,22-23H,1H3. The third-order valence-electron chi connectivity index (χ3n) is 3.59. The minimum Gasteiger partial charge on any atom is -0.423 e. The summed E-state index contributed by atoms with van der Waals surface area (Å²) >= 11 is 0. The van der Waals surface area contributed by atoms with E-state index in [4.69, 9.17) is 0 Å². The van der Waals surface area contributed by atoms with Crippen LogP contribution >= 0.6 is 0 Å². The van der Waals surface area contributed by atoms with Crippen LogP contribution in [0.3, 0.4) is 0 Å². The highest BCUT2D eigenvalue weighted by Crippen LogP contribution is 2.15. The number of hydrogen-bond donors (Lipinski definition) is 2. The average Bonchev–Trinajstić information content (AvgIpc) is 2.55. The van der Waals surface area contributed by atoms with Gasteiger partial charge in [-0.1, -0.05) is 12.1 Å². The molecule has 0 saturated carbocycles. The van der Waals surface area contributed by atoms with Crippen LogP contribution in [0.15, 0.2) is 53.6 Å². The zero-order chi connectivity index (χ0) is 16.6. The summed E-state index contributed by atoms with van der Waals surface area (Å²) in [5.41, 5.74) is 0.958. The van der Waals surface area contributed by atoms with E-state index < -0.39 is 7.12 Å². The number of carbonyl (C=O) groups excluding carboxylic acids is 1. The van der Waals surface area contributed by atoms with Gasteiger partial charge in [0, 0.05) is 18.1 Å². The molecule has 0 unspecified atom stereocenters. The van der Waals surface area contributed by atoms with E-state index in [1.165, 1.54) is 13.1 Å². The van der Waals surface area contributed by atoms with Crippen molar-refractivity contribution in [3.8, 4) is 5.69 Å². The van der Waals surface area contributed by atoms with Crippen LogP contribution in [0.5, 0.6) is 0 Å². The van der Waals surface area contributed by atoms with Crippen molar-refractivity contribution < 1.29 is 14.8 Å². The molecule has 0 atom stereocenters. The number of nitrogens with zero attached hydrogens (tertiary/aromatic N) is 2. The fourth-order valence-corrected chi connectivity index (χ4v) is 2.44. The van der Waals surface area contributed by atoms with Crippen molar-refractivity contribution in [3.05, 3.63) is 64.6 Å². The molecule has 0 fully saturated rings. The Morgan fingerprint density at radius 2 is 2.00 bits per heavy atom. The molecule has 2 aromatic heterocycles. The van der Waals surface area contributed by atoms with E-state index in [9.17, 15) is 19.6 Å². The first-order valence-corrected chi connectivity index (χ1v) is 6.97. The molecule has 114 valence electrons. The van der Waals surface area contributed by atoms with E-state index >= 15 is 0 Å². The predicted molar refractivity (Wildman–Crippen MR) is 87.2 cm³/mol. The topological polar surface area (TPSA) is 92.4 Å². The van der Waals surface area contributed by atoms with Crippen molar-refractivity contribution in [1.82, 2.24) is 9.55 Å². The minimum atomic E-state index is -1.61. The van der Waals surface area contributed by atoms with Gasteiger partial charge in [0.2, 0.25) is 5.43 Å². The molecule has 0 radical (unpaired) electrons. The summed E-state index contributed by atoms with van der Waals surface area (Å²) in [6.45, 7) is 1.33. The maximum atomic E-state index is 12.4. The molecule has 0 aliphatic carbocycles. The van der Waals surface area contributed by atoms with Gasteiger partial charge in [0.25, 0.3) is 0 Å². The van der Waals surface area contributed by atoms with Crippen molar-refractivity contribution in [2.75, 3.05) is 0 Å². The molecule has 2 heterocycles. The molecule has 0 aliphatic rings. The third kappa shape index (κ3) is 2.67. The van der Waals surface area contributed by atoms with Gasteiger partial charge in [0.15, 0.2) is 5.78 Å². The first-order chi connectivity index (χ1) is 11.0. The second kappa shape index (κ2) is 5.79. The molecular weight excluding hydrogens is 295 g/mol. The zero-order valence-electron chi connectivity index (χ0n) is 12.3. The maximum absolute atomic E-state index is 12.4. The van der Waals surface area contributed by atoms with Crippen LogP contribution in [0, 0.1) is 0 Å². The van der Waals surface area contributed by atoms with Gasteiger partial charge >= 0.3 is 7.12 Å². The van der Waals surface area contributed by atoms with Crippen molar-refractivity contribution in [1.29, 1.82) is 0 Å². The summed E-state index contributed by atoms with van der Waals surface area (Å²) in [5, 5.41) is 19.0. The summed E-state index contributed by atoms with van der Waals surface area (Å²) < 4.78 is 1.60. The van der Waals surface area contributed by atoms with Crippen LogP contribution < -0.4 is 10.9 Å². The maximum Gasteiger partial charge on any atom is 0.488 e. The first-order valence-electron chi connectivity index (χ1n) is 6.97. The van der Waals surface area contributed by atoms with E-state index in [1.54, 1.807) is 47.2 Å². The molecule has 0 saturated heterocycles. The van der Waals surface area contributed by atoms with Gasteiger partial charge in [0.1, 0.15) is 5.65 Å². The summed E-state index contributed by atoms with van der Waals surface area (Å²) in [4.78, 5) is 28.3. The van der Waals surface area contributed by atoms with Gasteiger partial charge < -0.3 is 14.6 Å². The summed E-state index contributed by atoms with van der Waals surface area (Å²) in [6, 6.07) is 9.76. The van der Waals surface area contributed by atoms with Gasteiger partial charge in [-0.15, -0.1) is 0 Å². The molecule has 0 aliphatic heterocycles.